The van der Waals surface area contributed by atoms with Gasteiger partial charge < -0.3 is 10.6 Å². The van der Waals surface area contributed by atoms with Gasteiger partial charge in [-0.05, 0) is 37.5 Å². The Hall–Kier alpha value is -2.38. The molecule has 0 saturated carbocycles. The van der Waals surface area contributed by atoms with Crippen molar-refractivity contribution in [1.82, 2.24) is 15.5 Å². The lowest BCUT2D eigenvalue weighted by molar-refractivity contribution is -0.118. The SMILES string of the molecule is Cc1ccc(Nc2nnc(SCC(=O)NCCc3ccccc3)s2)c(C)c1. The summed E-state index contributed by atoms with van der Waals surface area (Å²) in [6.45, 7) is 4.77. The summed E-state index contributed by atoms with van der Waals surface area (Å²) in [5.41, 5.74) is 4.63. The fourth-order valence-corrected chi connectivity index (χ4v) is 4.15. The van der Waals surface area contributed by atoms with Crippen molar-refractivity contribution in [3.63, 3.8) is 0 Å². The summed E-state index contributed by atoms with van der Waals surface area (Å²) in [5.74, 6) is 0.350. The molecule has 0 aliphatic rings. The lowest BCUT2D eigenvalue weighted by Crippen LogP contribution is -2.27. The van der Waals surface area contributed by atoms with Crippen molar-refractivity contribution in [3.05, 3.63) is 65.2 Å². The molecule has 2 N–H and O–H groups in total. The minimum Gasteiger partial charge on any atom is -0.355 e. The number of carbonyl (C=O) groups is 1. The maximum absolute atomic E-state index is 12.0. The van der Waals surface area contributed by atoms with Gasteiger partial charge in [0.05, 0.1) is 5.75 Å². The Morgan fingerprint density at radius 3 is 2.70 bits per heavy atom. The summed E-state index contributed by atoms with van der Waals surface area (Å²) >= 11 is 2.86. The third-order valence-corrected chi connectivity index (χ3v) is 5.91. The molecule has 1 heterocycles. The number of thioether (sulfide) groups is 1. The molecule has 0 aliphatic carbocycles. The zero-order valence-electron chi connectivity index (χ0n) is 15.4. The van der Waals surface area contributed by atoms with Crippen LogP contribution in [0.15, 0.2) is 52.9 Å². The minimum atomic E-state index is 0.00928. The average Bonchev–Trinajstić information content (AvgIpc) is 3.11. The Bertz CT molecular complexity index is 896. The standard InChI is InChI=1S/C20H22N4OS2/c1-14-8-9-17(15(2)12-14)22-19-23-24-20(27-19)26-13-18(25)21-11-10-16-6-4-3-5-7-16/h3-9,12H,10-11,13H2,1-2H3,(H,21,25)(H,22,23). The largest absolute Gasteiger partial charge is 0.355 e. The highest BCUT2D eigenvalue weighted by Gasteiger charge is 2.09. The molecule has 2 aromatic carbocycles. The first kappa shape index (κ1) is 19.4. The topological polar surface area (TPSA) is 66.9 Å². The van der Waals surface area contributed by atoms with E-state index in [1.54, 1.807) is 0 Å². The van der Waals surface area contributed by atoms with Gasteiger partial charge in [0.25, 0.3) is 0 Å². The number of anilines is 2. The molecule has 0 bridgehead atoms. The molecule has 0 spiro atoms. The van der Waals surface area contributed by atoms with Gasteiger partial charge in [-0.25, -0.2) is 0 Å². The molecule has 0 saturated heterocycles. The number of benzene rings is 2. The van der Waals surface area contributed by atoms with Gasteiger partial charge in [0, 0.05) is 12.2 Å². The van der Waals surface area contributed by atoms with Crippen molar-refractivity contribution >= 4 is 39.8 Å². The predicted molar refractivity (Wildman–Crippen MR) is 113 cm³/mol. The summed E-state index contributed by atoms with van der Waals surface area (Å²) in [7, 11) is 0. The summed E-state index contributed by atoms with van der Waals surface area (Å²) in [6, 6.07) is 16.4. The van der Waals surface area contributed by atoms with E-state index < -0.39 is 0 Å². The van der Waals surface area contributed by atoms with Gasteiger partial charge in [-0.3, -0.25) is 4.79 Å². The van der Waals surface area contributed by atoms with Crippen molar-refractivity contribution in [1.29, 1.82) is 0 Å². The molecular weight excluding hydrogens is 376 g/mol. The molecule has 27 heavy (non-hydrogen) atoms. The molecular formula is C20H22N4OS2. The second-order valence-electron chi connectivity index (χ2n) is 6.19. The van der Waals surface area contributed by atoms with Crippen LogP contribution in [0.4, 0.5) is 10.8 Å². The zero-order chi connectivity index (χ0) is 19.1. The maximum atomic E-state index is 12.0. The number of hydrogen-bond acceptors (Lipinski definition) is 6. The first-order chi connectivity index (χ1) is 13.1. The first-order valence-corrected chi connectivity index (χ1v) is 10.5. The molecule has 140 valence electrons. The van der Waals surface area contributed by atoms with Gasteiger partial charge in [0.1, 0.15) is 0 Å². The highest BCUT2D eigenvalue weighted by Crippen LogP contribution is 2.28. The summed E-state index contributed by atoms with van der Waals surface area (Å²) in [5, 5.41) is 15.3. The van der Waals surface area contributed by atoms with Crippen LogP contribution >= 0.6 is 23.1 Å². The van der Waals surface area contributed by atoms with Crippen molar-refractivity contribution < 1.29 is 4.79 Å². The Labute approximate surface area is 167 Å². The Balaban J connectivity index is 1.43. The van der Waals surface area contributed by atoms with Crippen LogP contribution in [0.1, 0.15) is 16.7 Å². The lowest BCUT2D eigenvalue weighted by atomic mass is 10.1. The van der Waals surface area contributed by atoms with E-state index in [9.17, 15) is 4.79 Å². The molecule has 3 aromatic rings. The van der Waals surface area contributed by atoms with E-state index in [1.807, 2.05) is 24.3 Å². The number of carbonyl (C=O) groups excluding carboxylic acids is 1. The van der Waals surface area contributed by atoms with Crippen LogP contribution in [0, 0.1) is 13.8 Å². The molecule has 7 heteroatoms. The van der Waals surface area contributed by atoms with Crippen LogP contribution in [0.2, 0.25) is 0 Å². The van der Waals surface area contributed by atoms with Crippen LogP contribution < -0.4 is 10.6 Å². The first-order valence-electron chi connectivity index (χ1n) is 8.71. The molecule has 0 atom stereocenters. The lowest BCUT2D eigenvalue weighted by Gasteiger charge is -2.06. The van der Waals surface area contributed by atoms with E-state index in [-0.39, 0.29) is 5.91 Å². The quantitative estimate of drug-likeness (QED) is 0.552. The molecule has 0 fully saturated rings. The average molecular weight is 399 g/mol. The number of amides is 1. The molecule has 0 aliphatic heterocycles. The van der Waals surface area contributed by atoms with Gasteiger partial charge in [-0.15, -0.1) is 10.2 Å². The van der Waals surface area contributed by atoms with Crippen LogP contribution in [-0.2, 0) is 11.2 Å². The van der Waals surface area contributed by atoms with Gasteiger partial charge in [-0.1, -0.05) is 71.1 Å². The van der Waals surface area contributed by atoms with E-state index in [1.165, 1.54) is 34.2 Å². The van der Waals surface area contributed by atoms with E-state index in [4.69, 9.17) is 0 Å². The minimum absolute atomic E-state index is 0.00928. The van der Waals surface area contributed by atoms with Crippen molar-refractivity contribution in [3.8, 4) is 0 Å². The van der Waals surface area contributed by atoms with Crippen molar-refractivity contribution in [2.75, 3.05) is 17.6 Å². The number of aryl methyl sites for hydroxylation is 2. The van der Waals surface area contributed by atoms with Gasteiger partial charge in [0.2, 0.25) is 11.0 Å². The van der Waals surface area contributed by atoms with E-state index in [2.05, 4.69) is 58.9 Å². The summed E-state index contributed by atoms with van der Waals surface area (Å²) < 4.78 is 0.778. The zero-order valence-corrected chi connectivity index (χ0v) is 17.0. The number of nitrogens with one attached hydrogen (secondary N) is 2. The van der Waals surface area contributed by atoms with Gasteiger partial charge in [0.15, 0.2) is 4.34 Å². The molecule has 1 amide bonds. The van der Waals surface area contributed by atoms with Crippen LogP contribution in [-0.4, -0.2) is 28.4 Å². The van der Waals surface area contributed by atoms with Crippen LogP contribution in [0.25, 0.3) is 0 Å². The normalized spacial score (nSPS) is 10.6. The molecule has 0 unspecified atom stereocenters. The van der Waals surface area contributed by atoms with Crippen molar-refractivity contribution in [2.24, 2.45) is 0 Å². The van der Waals surface area contributed by atoms with E-state index in [0.29, 0.717) is 12.3 Å². The van der Waals surface area contributed by atoms with Crippen molar-refractivity contribution in [2.45, 2.75) is 24.6 Å². The number of hydrogen-bond donors (Lipinski definition) is 2. The Kier molecular flexibility index (Phi) is 6.84. The second-order valence-corrected chi connectivity index (χ2v) is 8.39. The van der Waals surface area contributed by atoms with Gasteiger partial charge >= 0.3 is 0 Å². The number of rotatable bonds is 8. The molecule has 3 rings (SSSR count). The number of aromatic nitrogens is 2. The highest BCUT2D eigenvalue weighted by atomic mass is 32.2. The summed E-state index contributed by atoms with van der Waals surface area (Å²) in [4.78, 5) is 12.0. The summed E-state index contributed by atoms with van der Waals surface area (Å²) in [6.07, 6.45) is 0.833. The Morgan fingerprint density at radius 2 is 1.93 bits per heavy atom. The smallest absolute Gasteiger partial charge is 0.230 e. The maximum Gasteiger partial charge on any atom is 0.230 e. The monoisotopic (exact) mass is 398 g/mol. The Morgan fingerprint density at radius 1 is 1.11 bits per heavy atom. The highest BCUT2D eigenvalue weighted by molar-refractivity contribution is 8.01. The fraction of sp³-hybridized carbons (Fsp3) is 0.250. The second kappa shape index (κ2) is 9.53. The third kappa shape index (κ3) is 6.08. The van der Waals surface area contributed by atoms with Crippen LogP contribution in [0.5, 0.6) is 0 Å². The van der Waals surface area contributed by atoms with Crippen LogP contribution in [0.3, 0.4) is 0 Å². The fourth-order valence-electron chi connectivity index (χ4n) is 2.56. The number of nitrogens with zero attached hydrogens (tertiary/aromatic N) is 2. The molecule has 1 aromatic heterocycles. The van der Waals surface area contributed by atoms with E-state index >= 15 is 0 Å². The van der Waals surface area contributed by atoms with E-state index in [0.717, 1.165) is 27.1 Å². The van der Waals surface area contributed by atoms with Gasteiger partial charge in [-0.2, -0.15) is 0 Å². The predicted octanol–water partition coefficient (Wildman–Crippen LogP) is 4.35. The molecule has 0 radical (unpaired) electrons. The molecule has 5 nitrogen and oxygen atoms in total. The third-order valence-electron chi connectivity index (χ3n) is 3.94.